The Morgan fingerprint density at radius 3 is 2.46 bits per heavy atom. The molecule has 9 heteroatoms. The predicted octanol–water partition coefficient (Wildman–Crippen LogP) is 5.54. The van der Waals surface area contributed by atoms with Crippen molar-refractivity contribution >= 4 is 49.6 Å². The van der Waals surface area contributed by atoms with Crippen LogP contribution in [0.2, 0.25) is 0 Å². The van der Waals surface area contributed by atoms with E-state index in [9.17, 15) is 10.1 Å². The van der Waals surface area contributed by atoms with Gasteiger partial charge >= 0.3 is 0 Å². The summed E-state index contributed by atoms with van der Waals surface area (Å²) in [4.78, 5) is 14.1. The number of benzene rings is 2. The van der Waals surface area contributed by atoms with Crippen LogP contribution in [0.5, 0.6) is 5.75 Å². The number of nitro groups is 1. The number of pyridine rings is 1. The Labute approximate surface area is 177 Å². The molecule has 0 radical (unpaired) electrons. The van der Waals surface area contributed by atoms with Crippen molar-refractivity contribution in [3.8, 4) is 5.75 Å². The summed E-state index contributed by atoms with van der Waals surface area (Å²) in [6, 6.07) is 16.5. The minimum atomic E-state index is -0.503. The number of ether oxygens (including phenoxy) is 1. The van der Waals surface area contributed by atoms with E-state index in [1.54, 1.807) is 6.21 Å². The summed E-state index contributed by atoms with van der Waals surface area (Å²) in [7, 11) is 0. The number of nitrogens with zero attached hydrogens (tertiary/aromatic N) is 3. The van der Waals surface area contributed by atoms with E-state index in [2.05, 4.69) is 47.4 Å². The molecule has 0 amide bonds. The van der Waals surface area contributed by atoms with Crippen molar-refractivity contribution in [3.63, 3.8) is 0 Å². The maximum absolute atomic E-state index is 10.6. The van der Waals surface area contributed by atoms with Gasteiger partial charge in [-0.25, -0.2) is 4.98 Å². The molecule has 0 aliphatic rings. The van der Waals surface area contributed by atoms with Crippen LogP contribution in [-0.4, -0.2) is 16.1 Å². The number of aromatic nitrogens is 1. The highest BCUT2D eigenvalue weighted by atomic mass is 79.9. The fourth-order valence-electron chi connectivity index (χ4n) is 2.25. The topological polar surface area (TPSA) is 89.7 Å². The summed E-state index contributed by atoms with van der Waals surface area (Å²) in [5.41, 5.74) is 4.55. The molecule has 2 aromatic carbocycles. The van der Waals surface area contributed by atoms with Crippen molar-refractivity contribution in [3.05, 3.63) is 91.0 Å². The van der Waals surface area contributed by atoms with E-state index in [1.807, 2.05) is 42.5 Å². The van der Waals surface area contributed by atoms with Crippen LogP contribution < -0.4 is 10.2 Å². The molecule has 7 nitrogen and oxygen atoms in total. The number of halogens is 2. The van der Waals surface area contributed by atoms with Gasteiger partial charge in [0, 0.05) is 6.07 Å². The first-order chi connectivity index (χ1) is 13.5. The number of hydrogen-bond donors (Lipinski definition) is 1. The second-order valence-corrected chi connectivity index (χ2v) is 7.33. The number of hydrazone groups is 1. The molecule has 1 N–H and O–H groups in total. The molecule has 3 aromatic rings. The Morgan fingerprint density at radius 1 is 1.14 bits per heavy atom. The largest absolute Gasteiger partial charge is 0.487 e. The molecule has 0 aliphatic heterocycles. The number of rotatable bonds is 7. The third-order valence-corrected chi connectivity index (χ3v) is 4.78. The van der Waals surface area contributed by atoms with Crippen molar-refractivity contribution in [2.75, 3.05) is 5.43 Å². The Balaban J connectivity index is 1.64. The predicted molar refractivity (Wildman–Crippen MR) is 115 cm³/mol. The zero-order valence-electron chi connectivity index (χ0n) is 14.4. The molecule has 0 atom stereocenters. The molecular formula is C19H14Br2N4O3. The molecule has 0 fully saturated rings. The van der Waals surface area contributed by atoms with E-state index in [4.69, 9.17) is 4.74 Å². The minimum absolute atomic E-state index is 0.0755. The Bertz CT molecular complexity index is 973. The van der Waals surface area contributed by atoms with Crippen molar-refractivity contribution in [2.45, 2.75) is 6.61 Å². The van der Waals surface area contributed by atoms with Crippen LogP contribution in [0, 0.1) is 10.1 Å². The maximum Gasteiger partial charge on any atom is 0.287 e. The maximum atomic E-state index is 10.6. The van der Waals surface area contributed by atoms with Crippen LogP contribution in [-0.2, 0) is 6.61 Å². The summed E-state index contributed by atoms with van der Waals surface area (Å²) < 4.78 is 7.46. The molecule has 1 heterocycles. The summed E-state index contributed by atoms with van der Waals surface area (Å²) in [6.07, 6.45) is 2.78. The van der Waals surface area contributed by atoms with Gasteiger partial charge < -0.3 is 4.74 Å². The Hall–Kier alpha value is -2.78. The van der Waals surface area contributed by atoms with Gasteiger partial charge in [0.15, 0.2) is 0 Å². The molecule has 0 aliphatic carbocycles. The van der Waals surface area contributed by atoms with Crippen molar-refractivity contribution in [2.24, 2.45) is 5.10 Å². The lowest BCUT2D eigenvalue weighted by molar-refractivity contribution is -0.385. The standard InChI is InChI=1S/C19H14Br2N4O3/c20-16-8-14(10-23-24-18-7-6-15(11-22-18)25(26)27)9-17(21)19(16)28-12-13-4-2-1-3-5-13/h1-11H,12H2,(H,22,24). The lowest BCUT2D eigenvalue weighted by Gasteiger charge is -2.11. The highest BCUT2D eigenvalue weighted by Crippen LogP contribution is 2.35. The first kappa shape index (κ1) is 20.0. The molecule has 0 bridgehead atoms. The Kier molecular flexibility index (Phi) is 6.72. The molecule has 0 unspecified atom stereocenters. The Morgan fingerprint density at radius 2 is 1.86 bits per heavy atom. The minimum Gasteiger partial charge on any atom is -0.487 e. The molecule has 0 saturated heterocycles. The first-order valence-electron chi connectivity index (χ1n) is 8.08. The van der Waals surface area contributed by atoms with Gasteiger partial charge in [-0.3, -0.25) is 15.5 Å². The smallest absolute Gasteiger partial charge is 0.287 e. The van der Waals surface area contributed by atoms with Gasteiger partial charge in [-0.05, 0) is 61.2 Å². The summed E-state index contributed by atoms with van der Waals surface area (Å²) in [6.45, 7) is 0.457. The van der Waals surface area contributed by atoms with E-state index in [0.29, 0.717) is 18.2 Å². The van der Waals surface area contributed by atoms with Crippen molar-refractivity contribution in [1.29, 1.82) is 0 Å². The fourth-order valence-corrected chi connectivity index (χ4v) is 3.71. The zero-order valence-corrected chi connectivity index (χ0v) is 17.6. The monoisotopic (exact) mass is 504 g/mol. The molecule has 3 rings (SSSR count). The van der Waals surface area contributed by atoms with Gasteiger partial charge in [-0.2, -0.15) is 5.10 Å². The third kappa shape index (κ3) is 5.37. The molecule has 0 spiro atoms. The van der Waals surface area contributed by atoms with Crippen LogP contribution in [0.3, 0.4) is 0 Å². The van der Waals surface area contributed by atoms with E-state index in [-0.39, 0.29) is 5.69 Å². The lowest BCUT2D eigenvalue weighted by atomic mass is 10.2. The highest BCUT2D eigenvalue weighted by molar-refractivity contribution is 9.11. The summed E-state index contributed by atoms with van der Waals surface area (Å²) in [5, 5.41) is 14.7. The zero-order chi connectivity index (χ0) is 19.9. The van der Waals surface area contributed by atoms with E-state index < -0.39 is 4.92 Å². The quantitative estimate of drug-likeness (QED) is 0.258. The second kappa shape index (κ2) is 9.43. The summed E-state index contributed by atoms with van der Waals surface area (Å²) >= 11 is 7.03. The number of anilines is 1. The lowest BCUT2D eigenvalue weighted by Crippen LogP contribution is -1.98. The molecular weight excluding hydrogens is 492 g/mol. The van der Waals surface area contributed by atoms with Gasteiger partial charge in [-0.15, -0.1) is 0 Å². The van der Waals surface area contributed by atoms with Gasteiger partial charge in [0.1, 0.15) is 24.4 Å². The average molecular weight is 506 g/mol. The first-order valence-corrected chi connectivity index (χ1v) is 9.67. The van der Waals surface area contributed by atoms with Gasteiger partial charge in [0.05, 0.1) is 20.1 Å². The van der Waals surface area contributed by atoms with Gasteiger partial charge in [-0.1, -0.05) is 30.3 Å². The van der Waals surface area contributed by atoms with Crippen LogP contribution in [0.1, 0.15) is 11.1 Å². The van der Waals surface area contributed by atoms with E-state index in [1.165, 1.54) is 18.3 Å². The third-order valence-electron chi connectivity index (χ3n) is 3.60. The van der Waals surface area contributed by atoms with Crippen LogP contribution in [0.15, 0.2) is 74.8 Å². The van der Waals surface area contributed by atoms with Crippen molar-refractivity contribution < 1.29 is 9.66 Å². The summed E-state index contributed by atoms with van der Waals surface area (Å²) in [5.74, 6) is 1.11. The van der Waals surface area contributed by atoms with Crippen LogP contribution in [0.4, 0.5) is 11.5 Å². The molecule has 1 aromatic heterocycles. The van der Waals surface area contributed by atoms with Gasteiger partial charge in [0.25, 0.3) is 5.69 Å². The van der Waals surface area contributed by atoms with E-state index >= 15 is 0 Å². The van der Waals surface area contributed by atoms with E-state index in [0.717, 1.165) is 20.1 Å². The number of hydrogen-bond acceptors (Lipinski definition) is 6. The van der Waals surface area contributed by atoms with Crippen LogP contribution >= 0.6 is 31.9 Å². The SMILES string of the molecule is O=[N+]([O-])c1ccc(NN=Cc2cc(Br)c(OCc3ccccc3)c(Br)c2)nc1. The average Bonchev–Trinajstić information content (AvgIpc) is 2.68. The highest BCUT2D eigenvalue weighted by Gasteiger charge is 2.09. The molecule has 28 heavy (non-hydrogen) atoms. The fraction of sp³-hybridized carbons (Fsp3) is 0.0526. The van der Waals surface area contributed by atoms with Crippen LogP contribution in [0.25, 0.3) is 0 Å². The molecule has 0 saturated carbocycles. The van der Waals surface area contributed by atoms with Crippen molar-refractivity contribution in [1.82, 2.24) is 4.98 Å². The van der Waals surface area contributed by atoms with Gasteiger partial charge in [0.2, 0.25) is 0 Å². The number of nitrogens with one attached hydrogen (secondary N) is 1. The molecule has 142 valence electrons. The normalized spacial score (nSPS) is 10.8. The second-order valence-electron chi connectivity index (χ2n) is 5.62.